The highest BCUT2D eigenvalue weighted by atomic mass is 16.7. The maximum atomic E-state index is 12.0. The van der Waals surface area contributed by atoms with E-state index in [9.17, 15) is 25.2 Å². The summed E-state index contributed by atoms with van der Waals surface area (Å²) in [5.41, 5.74) is 0. The fraction of sp³-hybridized carbons (Fsp3) is 0.960. The Morgan fingerprint density at radius 1 is 1.06 bits per heavy atom. The molecule has 0 aromatic rings. The zero-order valence-corrected chi connectivity index (χ0v) is 21.5. The monoisotopic (exact) mass is 504 g/mol. The Labute approximate surface area is 209 Å². The lowest BCUT2D eigenvalue weighted by Crippen LogP contribution is -2.55. The normalized spacial score (nSPS) is 31.7. The second-order valence-electron chi connectivity index (χ2n) is 10.0. The summed E-state index contributed by atoms with van der Waals surface area (Å²) in [5.74, 6) is -0.314. The highest BCUT2D eigenvalue weighted by Crippen LogP contribution is 2.27. The van der Waals surface area contributed by atoms with Crippen LogP contribution in [0.1, 0.15) is 64.7 Å². The lowest BCUT2D eigenvalue weighted by Gasteiger charge is -2.40. The molecule has 2 aliphatic heterocycles. The van der Waals surface area contributed by atoms with Crippen molar-refractivity contribution < 1.29 is 39.4 Å². The Balaban J connectivity index is 1.42. The molecule has 35 heavy (non-hydrogen) atoms. The van der Waals surface area contributed by atoms with E-state index in [4.69, 9.17) is 14.2 Å². The lowest BCUT2D eigenvalue weighted by atomic mass is 9.92. The van der Waals surface area contributed by atoms with Gasteiger partial charge in [0.2, 0.25) is 5.91 Å². The third kappa shape index (κ3) is 10.6. The van der Waals surface area contributed by atoms with Crippen LogP contribution in [0.5, 0.6) is 0 Å². The third-order valence-corrected chi connectivity index (χ3v) is 7.08. The summed E-state index contributed by atoms with van der Waals surface area (Å²) >= 11 is 0. The van der Waals surface area contributed by atoms with Gasteiger partial charge in [0, 0.05) is 45.2 Å². The molecule has 2 saturated heterocycles. The minimum atomic E-state index is -1.12. The van der Waals surface area contributed by atoms with E-state index in [1.807, 2.05) is 0 Å². The molecule has 0 spiro atoms. The molecule has 7 atom stereocenters. The second kappa shape index (κ2) is 16.8. The van der Waals surface area contributed by atoms with Crippen LogP contribution >= 0.6 is 0 Å². The number of unbranched alkanes of at least 4 members (excludes halogenated alkanes) is 5. The number of aliphatic hydroxyl groups excluding tert-OH is 4. The molecule has 0 saturated carbocycles. The van der Waals surface area contributed by atoms with Crippen LogP contribution in [0.3, 0.4) is 0 Å². The smallest absolute Gasteiger partial charge is 0.219 e. The summed E-state index contributed by atoms with van der Waals surface area (Å²) in [7, 11) is 1.70. The molecule has 1 amide bonds. The molecule has 2 unspecified atom stereocenters. The minimum Gasteiger partial charge on any atom is -0.394 e. The van der Waals surface area contributed by atoms with Crippen molar-refractivity contribution >= 4 is 5.91 Å². The molecule has 2 aliphatic rings. The first kappa shape index (κ1) is 30.4. The Kier molecular flexibility index (Phi) is 14.6. The standard InChI is InChI=1S/C25H48N2O8/c1-18-23(31)24(32)21(16-28)35-25(18)34-13-9-5-6-10-22(30)26-11-7-3-4-8-12-27-15-20(29)14-19(27)17-33-2/h18-21,23-25,28-29,31-32H,3-17H2,1-2H3,(H,26,30)/t18?,19-,20+,21?,23+,24-,25+/m0/s1. The maximum absolute atomic E-state index is 12.0. The van der Waals surface area contributed by atoms with Crippen molar-refractivity contribution in [3.05, 3.63) is 0 Å². The number of ether oxygens (including phenoxy) is 3. The predicted molar refractivity (Wildman–Crippen MR) is 131 cm³/mol. The van der Waals surface area contributed by atoms with Crippen LogP contribution in [-0.4, -0.2) is 115 Å². The number of amides is 1. The van der Waals surface area contributed by atoms with E-state index in [2.05, 4.69) is 10.2 Å². The first-order valence-corrected chi connectivity index (χ1v) is 13.3. The lowest BCUT2D eigenvalue weighted by molar-refractivity contribution is -0.282. The number of β-amino-alcohol motifs (C(OH)–C–C–N with tert-alkyl or cyclic N) is 1. The van der Waals surface area contributed by atoms with Crippen LogP contribution in [0.2, 0.25) is 0 Å². The van der Waals surface area contributed by atoms with E-state index >= 15 is 0 Å². The van der Waals surface area contributed by atoms with Crippen LogP contribution in [0, 0.1) is 5.92 Å². The Hall–Kier alpha value is -0.850. The third-order valence-electron chi connectivity index (χ3n) is 7.08. The first-order valence-electron chi connectivity index (χ1n) is 13.3. The summed E-state index contributed by atoms with van der Waals surface area (Å²) in [4.78, 5) is 14.3. The van der Waals surface area contributed by atoms with Gasteiger partial charge in [0.25, 0.3) is 0 Å². The number of aliphatic hydroxyl groups is 4. The Morgan fingerprint density at radius 3 is 2.54 bits per heavy atom. The molecule has 10 heteroatoms. The molecule has 0 radical (unpaired) electrons. The molecule has 10 nitrogen and oxygen atoms in total. The minimum absolute atomic E-state index is 0.0755. The molecule has 0 aromatic carbocycles. The van der Waals surface area contributed by atoms with Crippen molar-refractivity contribution in [2.24, 2.45) is 5.92 Å². The van der Waals surface area contributed by atoms with Crippen LogP contribution in [0.4, 0.5) is 0 Å². The van der Waals surface area contributed by atoms with E-state index in [1.54, 1.807) is 14.0 Å². The van der Waals surface area contributed by atoms with Gasteiger partial charge in [-0.15, -0.1) is 0 Å². The van der Waals surface area contributed by atoms with Gasteiger partial charge in [0.1, 0.15) is 12.2 Å². The fourth-order valence-corrected chi connectivity index (χ4v) is 4.88. The van der Waals surface area contributed by atoms with Crippen LogP contribution in [0.15, 0.2) is 0 Å². The quantitative estimate of drug-likeness (QED) is 0.178. The van der Waals surface area contributed by atoms with Gasteiger partial charge in [0.15, 0.2) is 6.29 Å². The molecule has 5 N–H and O–H groups in total. The largest absolute Gasteiger partial charge is 0.394 e. The number of carbonyl (C=O) groups is 1. The highest BCUT2D eigenvalue weighted by molar-refractivity contribution is 5.75. The van der Waals surface area contributed by atoms with Crippen molar-refractivity contribution in [3.8, 4) is 0 Å². The molecule has 206 valence electrons. The van der Waals surface area contributed by atoms with Gasteiger partial charge in [-0.2, -0.15) is 0 Å². The zero-order valence-electron chi connectivity index (χ0n) is 21.5. The number of carbonyl (C=O) groups excluding carboxylic acids is 1. The topological polar surface area (TPSA) is 141 Å². The number of methoxy groups -OCH3 is 1. The first-order chi connectivity index (χ1) is 16.9. The zero-order chi connectivity index (χ0) is 25.6. The highest BCUT2D eigenvalue weighted by Gasteiger charge is 2.42. The summed E-state index contributed by atoms with van der Waals surface area (Å²) in [5, 5.41) is 42.0. The molecule has 0 bridgehead atoms. The van der Waals surface area contributed by atoms with Crippen molar-refractivity contribution in [2.45, 2.75) is 101 Å². The van der Waals surface area contributed by atoms with Crippen molar-refractivity contribution in [1.29, 1.82) is 0 Å². The number of nitrogens with one attached hydrogen (secondary N) is 1. The van der Waals surface area contributed by atoms with Gasteiger partial charge < -0.3 is 40.0 Å². The SMILES string of the molecule is COC[C@@H]1C[C@@H](O)CN1CCCCCCNC(=O)CCCCCO[C@@H]1OC(CO)[C@H](O)[C@H](O)C1C. The van der Waals surface area contributed by atoms with Gasteiger partial charge in [-0.3, -0.25) is 9.69 Å². The van der Waals surface area contributed by atoms with Crippen molar-refractivity contribution in [2.75, 3.05) is 46.6 Å². The van der Waals surface area contributed by atoms with Gasteiger partial charge in [-0.1, -0.05) is 26.2 Å². The van der Waals surface area contributed by atoms with Gasteiger partial charge in [0.05, 0.1) is 25.4 Å². The fourth-order valence-electron chi connectivity index (χ4n) is 4.88. The summed E-state index contributed by atoms with van der Waals surface area (Å²) < 4.78 is 16.5. The van der Waals surface area contributed by atoms with E-state index in [0.29, 0.717) is 32.2 Å². The molecular weight excluding hydrogens is 456 g/mol. The van der Waals surface area contributed by atoms with Crippen molar-refractivity contribution in [1.82, 2.24) is 10.2 Å². The molecule has 2 heterocycles. The summed E-state index contributed by atoms with van der Waals surface area (Å²) in [6.07, 6.45) is 4.06. The number of hydrogen-bond acceptors (Lipinski definition) is 9. The molecule has 0 aliphatic carbocycles. The predicted octanol–water partition coefficient (Wildman–Crippen LogP) is 0.397. The number of nitrogens with zero attached hydrogens (tertiary/aromatic N) is 1. The number of likely N-dealkylation sites (tertiary alicyclic amines) is 1. The van der Waals surface area contributed by atoms with Gasteiger partial charge in [-0.05, 0) is 38.6 Å². The molecular formula is C25H48N2O8. The molecule has 2 fully saturated rings. The van der Waals surface area contributed by atoms with E-state index < -0.39 is 24.6 Å². The van der Waals surface area contributed by atoms with E-state index in [0.717, 1.165) is 64.5 Å². The average molecular weight is 505 g/mol. The Morgan fingerprint density at radius 2 is 1.80 bits per heavy atom. The summed E-state index contributed by atoms with van der Waals surface area (Å²) in [6.45, 7) is 4.89. The van der Waals surface area contributed by atoms with E-state index in [-0.39, 0.29) is 24.5 Å². The van der Waals surface area contributed by atoms with Crippen LogP contribution in [0.25, 0.3) is 0 Å². The molecule has 0 aromatic heterocycles. The second-order valence-corrected chi connectivity index (χ2v) is 10.0. The summed E-state index contributed by atoms with van der Waals surface area (Å²) in [6, 6.07) is 0.325. The van der Waals surface area contributed by atoms with Crippen LogP contribution < -0.4 is 5.32 Å². The average Bonchev–Trinajstić information content (AvgIpc) is 3.19. The van der Waals surface area contributed by atoms with Crippen LogP contribution in [-0.2, 0) is 19.0 Å². The van der Waals surface area contributed by atoms with Crippen molar-refractivity contribution in [3.63, 3.8) is 0 Å². The maximum Gasteiger partial charge on any atom is 0.219 e. The van der Waals surface area contributed by atoms with Gasteiger partial charge in [-0.25, -0.2) is 0 Å². The molecule has 2 rings (SSSR count). The van der Waals surface area contributed by atoms with Gasteiger partial charge >= 0.3 is 0 Å². The number of rotatable bonds is 17. The number of hydrogen-bond donors (Lipinski definition) is 5. The Bertz CT molecular complexity index is 582. The van der Waals surface area contributed by atoms with E-state index in [1.165, 1.54) is 0 Å².